The van der Waals surface area contributed by atoms with Crippen molar-refractivity contribution in [1.82, 2.24) is 0 Å². The first kappa shape index (κ1) is 11.9. The highest BCUT2D eigenvalue weighted by atomic mass is 32.2. The van der Waals surface area contributed by atoms with E-state index in [-0.39, 0.29) is 11.5 Å². The zero-order valence-electron chi connectivity index (χ0n) is 9.12. The molecule has 0 heterocycles. The SMILES string of the molecule is CC(N)C1(c2cccc(SC(F)F)c2)CC1. The standard InChI is InChI=1S/C12H15F2NS/c1-8(15)12(5-6-12)9-3-2-4-10(7-9)16-11(13)14/h2-4,7-8,11H,5-6,15H2,1H3. The van der Waals surface area contributed by atoms with Crippen LogP contribution in [0.2, 0.25) is 0 Å². The third kappa shape index (κ3) is 2.23. The molecule has 1 atom stereocenters. The Kier molecular flexibility index (Phi) is 3.22. The molecule has 2 rings (SSSR count). The van der Waals surface area contributed by atoms with Gasteiger partial charge in [-0.1, -0.05) is 23.9 Å². The van der Waals surface area contributed by atoms with E-state index in [0.29, 0.717) is 16.7 Å². The Morgan fingerprint density at radius 1 is 1.38 bits per heavy atom. The molecule has 4 heteroatoms. The minimum absolute atomic E-state index is 0.0404. The van der Waals surface area contributed by atoms with Crippen molar-refractivity contribution >= 4 is 11.8 Å². The van der Waals surface area contributed by atoms with Crippen molar-refractivity contribution in [3.8, 4) is 0 Å². The van der Waals surface area contributed by atoms with Crippen molar-refractivity contribution in [2.24, 2.45) is 5.73 Å². The van der Waals surface area contributed by atoms with Crippen LogP contribution >= 0.6 is 11.8 Å². The quantitative estimate of drug-likeness (QED) is 0.820. The lowest BCUT2D eigenvalue weighted by molar-refractivity contribution is 0.252. The number of rotatable bonds is 4. The van der Waals surface area contributed by atoms with E-state index >= 15 is 0 Å². The van der Waals surface area contributed by atoms with Crippen molar-refractivity contribution in [3.05, 3.63) is 29.8 Å². The first-order chi connectivity index (χ1) is 7.54. The van der Waals surface area contributed by atoms with E-state index in [2.05, 4.69) is 0 Å². The lowest BCUT2D eigenvalue weighted by atomic mass is 9.90. The second kappa shape index (κ2) is 4.34. The highest BCUT2D eigenvalue weighted by molar-refractivity contribution is 7.99. The molecule has 16 heavy (non-hydrogen) atoms. The Morgan fingerprint density at radius 2 is 2.06 bits per heavy atom. The second-order valence-corrected chi connectivity index (χ2v) is 5.41. The van der Waals surface area contributed by atoms with Crippen LogP contribution in [-0.2, 0) is 5.41 Å². The third-order valence-corrected chi connectivity index (χ3v) is 4.00. The molecule has 0 saturated heterocycles. The van der Waals surface area contributed by atoms with Gasteiger partial charge < -0.3 is 5.73 Å². The van der Waals surface area contributed by atoms with Gasteiger partial charge in [0.1, 0.15) is 0 Å². The van der Waals surface area contributed by atoms with Gasteiger partial charge in [0.05, 0.1) is 0 Å². The highest BCUT2D eigenvalue weighted by Gasteiger charge is 2.47. The third-order valence-electron chi connectivity index (χ3n) is 3.29. The Hall–Kier alpha value is -0.610. The van der Waals surface area contributed by atoms with Crippen molar-refractivity contribution < 1.29 is 8.78 Å². The predicted octanol–water partition coefficient (Wildman–Crippen LogP) is 3.38. The van der Waals surface area contributed by atoms with E-state index in [1.165, 1.54) is 0 Å². The molecular weight excluding hydrogens is 228 g/mol. The fraction of sp³-hybridized carbons (Fsp3) is 0.500. The smallest absolute Gasteiger partial charge is 0.288 e. The number of thioether (sulfide) groups is 1. The van der Waals surface area contributed by atoms with E-state index in [1.807, 2.05) is 25.1 Å². The van der Waals surface area contributed by atoms with Gasteiger partial charge in [0.25, 0.3) is 5.76 Å². The summed E-state index contributed by atoms with van der Waals surface area (Å²) in [7, 11) is 0. The van der Waals surface area contributed by atoms with E-state index in [4.69, 9.17) is 5.73 Å². The van der Waals surface area contributed by atoms with Gasteiger partial charge >= 0.3 is 0 Å². The van der Waals surface area contributed by atoms with Gasteiger partial charge in [-0.05, 0) is 37.5 Å². The molecule has 1 nitrogen and oxygen atoms in total. The predicted molar refractivity (Wildman–Crippen MR) is 62.9 cm³/mol. The van der Waals surface area contributed by atoms with Crippen molar-refractivity contribution in [2.75, 3.05) is 0 Å². The van der Waals surface area contributed by atoms with E-state index in [9.17, 15) is 8.78 Å². The number of halogens is 2. The second-order valence-electron chi connectivity index (χ2n) is 4.35. The van der Waals surface area contributed by atoms with Crippen molar-refractivity contribution in [3.63, 3.8) is 0 Å². The van der Waals surface area contributed by atoms with Crippen LogP contribution in [0.1, 0.15) is 25.3 Å². The summed E-state index contributed by atoms with van der Waals surface area (Å²) in [6.07, 6.45) is 2.13. The molecule has 0 aliphatic heterocycles. The van der Waals surface area contributed by atoms with Gasteiger partial charge in [0.15, 0.2) is 0 Å². The zero-order chi connectivity index (χ0) is 11.8. The Morgan fingerprint density at radius 3 is 2.56 bits per heavy atom. The van der Waals surface area contributed by atoms with Gasteiger partial charge in [0.2, 0.25) is 0 Å². The molecule has 0 radical (unpaired) electrons. The molecule has 0 bridgehead atoms. The monoisotopic (exact) mass is 243 g/mol. The van der Waals surface area contributed by atoms with Gasteiger partial charge in [0, 0.05) is 16.4 Å². The average molecular weight is 243 g/mol. The summed E-state index contributed by atoms with van der Waals surface area (Å²) in [5, 5.41) is 0. The molecule has 1 unspecified atom stereocenters. The van der Waals surface area contributed by atoms with Gasteiger partial charge in [-0.25, -0.2) is 0 Å². The van der Waals surface area contributed by atoms with Crippen LogP contribution in [0.15, 0.2) is 29.2 Å². The van der Waals surface area contributed by atoms with Crippen LogP contribution in [0.3, 0.4) is 0 Å². The summed E-state index contributed by atoms with van der Waals surface area (Å²) >= 11 is 0.594. The van der Waals surface area contributed by atoms with Crippen LogP contribution in [0.5, 0.6) is 0 Å². The fourth-order valence-corrected chi connectivity index (χ4v) is 2.68. The highest BCUT2D eigenvalue weighted by Crippen LogP contribution is 2.50. The molecule has 1 aliphatic rings. The zero-order valence-corrected chi connectivity index (χ0v) is 9.94. The maximum Gasteiger partial charge on any atom is 0.288 e. The maximum atomic E-state index is 12.3. The summed E-state index contributed by atoms with van der Waals surface area (Å²) in [4.78, 5) is 0.624. The molecular formula is C12H15F2NS. The number of hydrogen-bond donors (Lipinski definition) is 1. The number of benzene rings is 1. The first-order valence-corrected chi connectivity index (χ1v) is 6.23. The molecule has 88 valence electrons. The lowest BCUT2D eigenvalue weighted by Gasteiger charge is -2.20. The molecule has 1 aromatic rings. The van der Waals surface area contributed by atoms with Crippen LogP contribution in [0.25, 0.3) is 0 Å². The summed E-state index contributed by atoms with van der Waals surface area (Å²) in [5.41, 5.74) is 7.11. The van der Waals surface area contributed by atoms with E-state index in [1.54, 1.807) is 6.07 Å². The van der Waals surface area contributed by atoms with Crippen molar-refractivity contribution in [1.29, 1.82) is 0 Å². The summed E-state index contributed by atoms with van der Waals surface area (Å²) in [6.45, 7) is 1.99. The average Bonchev–Trinajstić information content (AvgIpc) is 2.97. The molecule has 1 saturated carbocycles. The van der Waals surface area contributed by atoms with Gasteiger partial charge in [-0.15, -0.1) is 0 Å². The minimum atomic E-state index is -2.36. The molecule has 1 fully saturated rings. The topological polar surface area (TPSA) is 26.0 Å². The first-order valence-electron chi connectivity index (χ1n) is 5.35. The molecule has 1 aromatic carbocycles. The fourth-order valence-electron chi connectivity index (χ4n) is 2.12. The molecule has 2 N–H and O–H groups in total. The summed E-state index contributed by atoms with van der Waals surface area (Å²) in [6, 6.07) is 7.48. The van der Waals surface area contributed by atoms with E-state index < -0.39 is 5.76 Å². The molecule has 0 spiro atoms. The van der Waals surface area contributed by atoms with Crippen molar-refractivity contribution in [2.45, 2.75) is 41.9 Å². The van der Waals surface area contributed by atoms with Crippen LogP contribution in [-0.4, -0.2) is 11.8 Å². The number of hydrogen-bond acceptors (Lipinski definition) is 2. The molecule has 0 aromatic heterocycles. The normalized spacial score (nSPS) is 19.8. The maximum absolute atomic E-state index is 12.3. The Bertz CT molecular complexity index is 375. The molecule has 0 amide bonds. The number of alkyl halides is 2. The largest absolute Gasteiger partial charge is 0.327 e. The van der Waals surface area contributed by atoms with Crippen LogP contribution in [0, 0.1) is 0 Å². The molecule has 1 aliphatic carbocycles. The van der Waals surface area contributed by atoms with Gasteiger partial charge in [-0.2, -0.15) is 8.78 Å². The Balaban J connectivity index is 2.23. The van der Waals surface area contributed by atoms with E-state index in [0.717, 1.165) is 18.4 Å². The summed E-state index contributed by atoms with van der Waals surface area (Å²) in [5.74, 6) is -2.36. The van der Waals surface area contributed by atoms with Crippen LogP contribution in [0.4, 0.5) is 8.78 Å². The lowest BCUT2D eigenvalue weighted by Crippen LogP contribution is -2.31. The number of nitrogens with two attached hydrogens (primary N) is 1. The Labute approximate surface area is 98.4 Å². The van der Waals surface area contributed by atoms with Gasteiger partial charge in [-0.3, -0.25) is 0 Å². The van der Waals surface area contributed by atoms with Crippen LogP contribution < -0.4 is 5.73 Å². The minimum Gasteiger partial charge on any atom is -0.327 e. The summed E-state index contributed by atoms with van der Waals surface area (Å²) < 4.78 is 24.5.